The summed E-state index contributed by atoms with van der Waals surface area (Å²) < 4.78 is 13.9. The largest absolute Gasteiger partial charge is 0.372 e. The summed E-state index contributed by atoms with van der Waals surface area (Å²) in [6.45, 7) is 5.06. The van der Waals surface area contributed by atoms with Crippen molar-refractivity contribution in [1.82, 2.24) is 4.90 Å². The summed E-state index contributed by atoms with van der Waals surface area (Å²) in [7, 11) is 0. The van der Waals surface area contributed by atoms with Gasteiger partial charge in [0.15, 0.2) is 0 Å². The fourth-order valence-electron chi connectivity index (χ4n) is 4.00. The highest BCUT2D eigenvalue weighted by atomic mass is 19.1. The van der Waals surface area contributed by atoms with Gasteiger partial charge in [-0.2, -0.15) is 0 Å². The number of amides is 1. The van der Waals surface area contributed by atoms with Crippen LogP contribution in [0.5, 0.6) is 0 Å². The molecule has 0 spiro atoms. The van der Waals surface area contributed by atoms with Crippen LogP contribution in [0.2, 0.25) is 0 Å². The Labute approximate surface area is 160 Å². The number of hydrogen-bond donors (Lipinski definition) is 0. The normalized spacial score (nSPS) is 17.9. The first-order valence-corrected chi connectivity index (χ1v) is 9.86. The van der Waals surface area contributed by atoms with Crippen molar-refractivity contribution in [2.24, 2.45) is 0 Å². The molecule has 0 aliphatic carbocycles. The third-order valence-electron chi connectivity index (χ3n) is 5.61. The van der Waals surface area contributed by atoms with E-state index in [1.807, 2.05) is 0 Å². The smallest absolute Gasteiger partial charge is 0.256 e. The molecule has 0 bridgehead atoms. The van der Waals surface area contributed by atoms with Gasteiger partial charge in [-0.15, -0.1) is 0 Å². The van der Waals surface area contributed by atoms with E-state index in [0.29, 0.717) is 13.1 Å². The van der Waals surface area contributed by atoms with Gasteiger partial charge in [0.05, 0.1) is 5.56 Å². The maximum Gasteiger partial charge on any atom is 0.256 e. The third-order valence-corrected chi connectivity index (χ3v) is 5.61. The Morgan fingerprint density at radius 1 is 0.704 bits per heavy atom. The number of piperazine rings is 1. The van der Waals surface area contributed by atoms with Crippen LogP contribution >= 0.6 is 0 Å². The zero-order valence-electron chi connectivity index (χ0n) is 15.6. The van der Waals surface area contributed by atoms with Crippen molar-refractivity contribution < 1.29 is 9.18 Å². The molecule has 0 unspecified atom stereocenters. The second-order valence-corrected chi connectivity index (χ2v) is 7.32. The molecular weight excluding hydrogens is 341 g/mol. The molecule has 2 heterocycles. The first kappa shape index (κ1) is 17.8. The SMILES string of the molecule is O=C(c1ccccc1F)N1CCN(c2ccc(N3CCCCC3)cc2)CC1. The van der Waals surface area contributed by atoms with Crippen LogP contribution in [0.3, 0.4) is 0 Å². The number of nitrogens with zero attached hydrogens (tertiary/aromatic N) is 3. The zero-order chi connectivity index (χ0) is 18.6. The van der Waals surface area contributed by atoms with Gasteiger partial charge in [-0.25, -0.2) is 4.39 Å². The monoisotopic (exact) mass is 367 g/mol. The van der Waals surface area contributed by atoms with Crippen LogP contribution in [0.25, 0.3) is 0 Å². The molecule has 2 aliphatic rings. The molecule has 0 N–H and O–H groups in total. The molecule has 2 saturated heterocycles. The molecule has 1 amide bonds. The van der Waals surface area contributed by atoms with Crippen LogP contribution in [0, 0.1) is 5.82 Å². The number of piperidine rings is 1. The van der Waals surface area contributed by atoms with Gasteiger partial charge in [0.1, 0.15) is 5.82 Å². The van der Waals surface area contributed by atoms with Crippen molar-refractivity contribution in [3.63, 3.8) is 0 Å². The summed E-state index contributed by atoms with van der Waals surface area (Å²) >= 11 is 0. The lowest BCUT2D eigenvalue weighted by molar-refractivity contribution is 0.0742. The van der Waals surface area contributed by atoms with Crippen LogP contribution in [-0.4, -0.2) is 50.1 Å². The summed E-state index contributed by atoms with van der Waals surface area (Å²) in [4.78, 5) is 19.0. The molecule has 0 atom stereocenters. The highest BCUT2D eigenvalue weighted by Crippen LogP contribution is 2.24. The molecule has 142 valence electrons. The molecule has 4 rings (SSSR count). The molecule has 2 aromatic carbocycles. The lowest BCUT2D eigenvalue weighted by Crippen LogP contribution is -2.49. The van der Waals surface area contributed by atoms with E-state index in [-0.39, 0.29) is 11.5 Å². The van der Waals surface area contributed by atoms with E-state index in [2.05, 4.69) is 34.1 Å². The van der Waals surface area contributed by atoms with Crippen molar-refractivity contribution in [2.45, 2.75) is 19.3 Å². The number of halogens is 1. The van der Waals surface area contributed by atoms with Gasteiger partial charge in [0.2, 0.25) is 0 Å². The standard InChI is InChI=1S/C22H26FN3O/c23-21-7-3-2-6-20(21)22(27)26-16-14-25(15-17-26)19-10-8-18(9-11-19)24-12-4-1-5-13-24/h2-3,6-11H,1,4-5,12-17H2. The van der Waals surface area contributed by atoms with Gasteiger partial charge in [0, 0.05) is 50.6 Å². The highest BCUT2D eigenvalue weighted by molar-refractivity contribution is 5.94. The minimum Gasteiger partial charge on any atom is -0.372 e. The maximum atomic E-state index is 13.9. The third kappa shape index (κ3) is 3.92. The summed E-state index contributed by atoms with van der Waals surface area (Å²) in [5.74, 6) is -0.661. The molecule has 27 heavy (non-hydrogen) atoms. The maximum absolute atomic E-state index is 13.9. The summed E-state index contributed by atoms with van der Waals surface area (Å²) in [5.41, 5.74) is 2.65. The van der Waals surface area contributed by atoms with Gasteiger partial charge in [0.25, 0.3) is 5.91 Å². The Hall–Kier alpha value is -2.56. The highest BCUT2D eigenvalue weighted by Gasteiger charge is 2.24. The van der Waals surface area contributed by atoms with Gasteiger partial charge >= 0.3 is 0 Å². The van der Waals surface area contributed by atoms with E-state index >= 15 is 0 Å². The van der Waals surface area contributed by atoms with Crippen LogP contribution in [0.15, 0.2) is 48.5 Å². The average molecular weight is 367 g/mol. The van der Waals surface area contributed by atoms with Gasteiger partial charge in [-0.05, 0) is 55.7 Å². The summed E-state index contributed by atoms with van der Waals surface area (Å²) in [6.07, 6.45) is 3.89. The van der Waals surface area contributed by atoms with Gasteiger partial charge in [-0.3, -0.25) is 4.79 Å². The number of hydrogen-bond acceptors (Lipinski definition) is 3. The first-order chi connectivity index (χ1) is 13.2. The van der Waals surface area contributed by atoms with E-state index in [9.17, 15) is 9.18 Å². The van der Waals surface area contributed by atoms with Crippen molar-refractivity contribution in [3.8, 4) is 0 Å². The molecular formula is C22H26FN3O. The fourth-order valence-corrected chi connectivity index (χ4v) is 4.00. The minimum atomic E-state index is -0.446. The number of carbonyl (C=O) groups excluding carboxylic acids is 1. The molecule has 2 fully saturated rings. The lowest BCUT2D eigenvalue weighted by Gasteiger charge is -2.36. The molecule has 0 saturated carbocycles. The average Bonchev–Trinajstić information content (AvgIpc) is 2.74. The Morgan fingerprint density at radius 3 is 1.85 bits per heavy atom. The number of rotatable bonds is 3. The van der Waals surface area contributed by atoms with Crippen LogP contribution in [0.4, 0.5) is 15.8 Å². The number of anilines is 2. The molecule has 0 aromatic heterocycles. The Bertz CT molecular complexity index is 778. The zero-order valence-corrected chi connectivity index (χ0v) is 15.6. The minimum absolute atomic E-state index is 0.164. The summed E-state index contributed by atoms with van der Waals surface area (Å²) in [5, 5.41) is 0. The van der Waals surface area contributed by atoms with Crippen LogP contribution in [-0.2, 0) is 0 Å². The summed E-state index contributed by atoms with van der Waals surface area (Å²) in [6, 6.07) is 15.0. The molecule has 2 aliphatic heterocycles. The van der Waals surface area contributed by atoms with E-state index in [4.69, 9.17) is 0 Å². The molecule has 5 heteroatoms. The quantitative estimate of drug-likeness (QED) is 0.826. The second kappa shape index (κ2) is 7.99. The lowest BCUT2D eigenvalue weighted by atomic mass is 10.1. The number of benzene rings is 2. The topological polar surface area (TPSA) is 26.8 Å². The van der Waals surface area contributed by atoms with Gasteiger partial charge in [-0.1, -0.05) is 12.1 Å². The Morgan fingerprint density at radius 2 is 1.26 bits per heavy atom. The Kier molecular flexibility index (Phi) is 5.28. The van der Waals surface area contributed by atoms with Crippen molar-refractivity contribution >= 4 is 17.3 Å². The molecule has 2 aromatic rings. The van der Waals surface area contributed by atoms with Crippen LogP contribution in [0.1, 0.15) is 29.6 Å². The van der Waals surface area contributed by atoms with Crippen LogP contribution < -0.4 is 9.80 Å². The fraction of sp³-hybridized carbons (Fsp3) is 0.409. The van der Waals surface area contributed by atoms with E-state index < -0.39 is 5.82 Å². The predicted octanol–water partition coefficient (Wildman–Crippen LogP) is 3.78. The molecule has 4 nitrogen and oxygen atoms in total. The first-order valence-electron chi connectivity index (χ1n) is 9.86. The molecule has 0 radical (unpaired) electrons. The van der Waals surface area contributed by atoms with E-state index in [1.165, 1.54) is 36.7 Å². The van der Waals surface area contributed by atoms with E-state index in [1.54, 1.807) is 23.1 Å². The van der Waals surface area contributed by atoms with Crippen molar-refractivity contribution in [3.05, 3.63) is 59.9 Å². The van der Waals surface area contributed by atoms with Gasteiger partial charge < -0.3 is 14.7 Å². The van der Waals surface area contributed by atoms with Crippen molar-refractivity contribution in [1.29, 1.82) is 0 Å². The van der Waals surface area contributed by atoms with Crippen molar-refractivity contribution in [2.75, 3.05) is 49.1 Å². The second-order valence-electron chi connectivity index (χ2n) is 7.32. The predicted molar refractivity (Wildman–Crippen MR) is 107 cm³/mol. The van der Waals surface area contributed by atoms with E-state index in [0.717, 1.165) is 26.2 Å². The number of carbonyl (C=O) groups is 1. The Balaban J connectivity index is 1.36.